The average Bonchev–Trinajstić information content (AvgIpc) is 2.29. The molecule has 0 fully saturated rings. The second kappa shape index (κ2) is 4.96. The Kier molecular flexibility index (Phi) is 3.84. The lowest BCUT2D eigenvalue weighted by Crippen LogP contribution is -2.17. The molecule has 5 nitrogen and oxygen atoms in total. The van der Waals surface area contributed by atoms with Crippen molar-refractivity contribution in [3.63, 3.8) is 0 Å². The van der Waals surface area contributed by atoms with E-state index in [9.17, 15) is 17.6 Å². The van der Waals surface area contributed by atoms with Crippen LogP contribution in [0.25, 0.3) is 0 Å². The normalized spacial score (nSPS) is 12.2. The Bertz CT molecular complexity index is 565. The smallest absolute Gasteiger partial charge is 0.351 e. The first kappa shape index (κ1) is 13.2. The summed E-state index contributed by atoms with van der Waals surface area (Å²) in [6.45, 7) is 0. The van der Waals surface area contributed by atoms with Crippen LogP contribution in [0.15, 0.2) is 40.3 Å². The Hall–Kier alpha value is -1.89. The fraction of sp³-hybridized carbons (Fsp3) is 0.100. The number of nitrogens with two attached hydrogens (primary N) is 1. The second-order valence-corrected chi connectivity index (χ2v) is 4.84. The monoisotopic (exact) mass is 259 g/mol. The van der Waals surface area contributed by atoms with Gasteiger partial charge in [0, 0.05) is 6.20 Å². The molecule has 0 saturated carbocycles. The number of carbonyl (C=O) groups is 1. The molecule has 0 aliphatic rings. The van der Waals surface area contributed by atoms with Crippen LogP contribution in [0, 0.1) is 5.82 Å². The molecule has 0 aliphatic carbocycles. The number of hydrogen-bond acceptors (Lipinski definition) is 5. The summed E-state index contributed by atoms with van der Waals surface area (Å²) in [6.07, 6.45) is 0.577. The van der Waals surface area contributed by atoms with Crippen molar-refractivity contribution >= 4 is 15.8 Å². The minimum Gasteiger partial charge on any atom is -0.465 e. The van der Waals surface area contributed by atoms with Gasteiger partial charge in [-0.3, -0.25) is 0 Å². The van der Waals surface area contributed by atoms with Gasteiger partial charge in [0.15, 0.2) is 4.91 Å². The number of methoxy groups -OCH3 is 1. The molecule has 0 radical (unpaired) electrons. The Morgan fingerprint density at radius 3 is 2.47 bits per heavy atom. The molecule has 1 aromatic rings. The standard InChI is InChI=1S/C10H10FNO4S/c1-16-10(13)9(6-12)17(14,15)8-5-3-2-4-7(8)11/h2-6H,12H2,1H3/b9-6-. The SMILES string of the molecule is COC(=O)/C(=C/N)S(=O)(=O)c1ccccc1F. The second-order valence-electron chi connectivity index (χ2n) is 2.96. The van der Waals surface area contributed by atoms with Crippen molar-refractivity contribution < 1.29 is 22.3 Å². The van der Waals surface area contributed by atoms with E-state index in [0.717, 1.165) is 19.2 Å². The lowest BCUT2D eigenvalue weighted by Gasteiger charge is -2.07. The molecular formula is C10H10FNO4S. The molecule has 0 amide bonds. The van der Waals surface area contributed by atoms with Gasteiger partial charge in [0.2, 0.25) is 9.84 Å². The third kappa shape index (κ3) is 2.44. The van der Waals surface area contributed by atoms with Crippen molar-refractivity contribution in [3.05, 3.63) is 41.2 Å². The van der Waals surface area contributed by atoms with Crippen LogP contribution < -0.4 is 5.73 Å². The third-order valence-corrected chi connectivity index (χ3v) is 3.75. The van der Waals surface area contributed by atoms with E-state index in [4.69, 9.17) is 5.73 Å². The molecule has 0 unspecified atom stereocenters. The summed E-state index contributed by atoms with van der Waals surface area (Å²) in [5, 5.41) is 0. The van der Waals surface area contributed by atoms with Gasteiger partial charge in [-0.15, -0.1) is 0 Å². The average molecular weight is 259 g/mol. The quantitative estimate of drug-likeness (QED) is 0.633. The molecular weight excluding hydrogens is 249 g/mol. The van der Waals surface area contributed by atoms with E-state index in [1.165, 1.54) is 12.1 Å². The number of rotatable bonds is 3. The highest BCUT2D eigenvalue weighted by Gasteiger charge is 2.29. The van der Waals surface area contributed by atoms with E-state index in [1.54, 1.807) is 0 Å². The number of carbonyl (C=O) groups excluding carboxylic acids is 1. The molecule has 0 atom stereocenters. The zero-order chi connectivity index (χ0) is 13.1. The Morgan fingerprint density at radius 1 is 1.41 bits per heavy atom. The van der Waals surface area contributed by atoms with Gasteiger partial charge in [-0.25, -0.2) is 17.6 Å². The minimum atomic E-state index is -4.31. The van der Waals surface area contributed by atoms with Crippen molar-refractivity contribution in [2.45, 2.75) is 4.90 Å². The van der Waals surface area contributed by atoms with Gasteiger partial charge in [-0.2, -0.15) is 0 Å². The first-order valence-electron chi connectivity index (χ1n) is 4.45. The maximum Gasteiger partial charge on any atom is 0.351 e. The van der Waals surface area contributed by atoms with Gasteiger partial charge in [0.1, 0.15) is 10.7 Å². The van der Waals surface area contributed by atoms with Crippen LogP contribution in [0.1, 0.15) is 0 Å². The highest BCUT2D eigenvalue weighted by Crippen LogP contribution is 2.22. The first-order valence-corrected chi connectivity index (χ1v) is 5.93. The van der Waals surface area contributed by atoms with Gasteiger partial charge in [-0.05, 0) is 12.1 Å². The molecule has 7 heteroatoms. The largest absolute Gasteiger partial charge is 0.465 e. The van der Waals surface area contributed by atoms with Gasteiger partial charge >= 0.3 is 5.97 Å². The highest BCUT2D eigenvalue weighted by molar-refractivity contribution is 7.96. The van der Waals surface area contributed by atoms with Gasteiger partial charge < -0.3 is 10.5 Å². The van der Waals surface area contributed by atoms with Crippen LogP contribution in [0.4, 0.5) is 4.39 Å². The minimum absolute atomic E-state index is 0.577. The summed E-state index contributed by atoms with van der Waals surface area (Å²) in [7, 11) is -3.30. The fourth-order valence-electron chi connectivity index (χ4n) is 1.15. The molecule has 2 N–H and O–H groups in total. The lowest BCUT2D eigenvalue weighted by atomic mass is 10.3. The topological polar surface area (TPSA) is 86.5 Å². The van der Waals surface area contributed by atoms with Crippen molar-refractivity contribution in [2.24, 2.45) is 5.73 Å². The van der Waals surface area contributed by atoms with Crippen LogP contribution in [0.2, 0.25) is 0 Å². The summed E-state index contributed by atoms with van der Waals surface area (Å²) in [5.74, 6) is -2.11. The van der Waals surface area contributed by atoms with E-state index in [-0.39, 0.29) is 0 Å². The van der Waals surface area contributed by atoms with Crippen LogP contribution in [-0.2, 0) is 19.4 Å². The Labute approximate surface area is 97.6 Å². The summed E-state index contributed by atoms with van der Waals surface area (Å²) >= 11 is 0. The zero-order valence-electron chi connectivity index (χ0n) is 8.88. The lowest BCUT2D eigenvalue weighted by molar-refractivity contribution is -0.135. The van der Waals surface area contributed by atoms with Gasteiger partial charge in [0.25, 0.3) is 0 Å². The van der Waals surface area contributed by atoms with Gasteiger partial charge in [-0.1, -0.05) is 12.1 Å². The van der Waals surface area contributed by atoms with Crippen LogP contribution >= 0.6 is 0 Å². The van der Waals surface area contributed by atoms with E-state index >= 15 is 0 Å². The molecule has 0 spiro atoms. The number of halogens is 1. The fourth-order valence-corrected chi connectivity index (χ4v) is 2.45. The van der Waals surface area contributed by atoms with Crippen molar-refractivity contribution in [1.82, 2.24) is 0 Å². The summed E-state index contributed by atoms with van der Waals surface area (Å²) in [4.78, 5) is 9.78. The molecule has 0 heterocycles. The molecule has 0 saturated heterocycles. The van der Waals surface area contributed by atoms with Crippen LogP contribution in [0.3, 0.4) is 0 Å². The van der Waals surface area contributed by atoms with Crippen LogP contribution in [-0.4, -0.2) is 21.5 Å². The Balaban J connectivity index is 3.39. The van der Waals surface area contributed by atoms with Gasteiger partial charge in [0.05, 0.1) is 7.11 Å². The molecule has 17 heavy (non-hydrogen) atoms. The molecule has 0 aliphatic heterocycles. The maximum atomic E-state index is 13.3. The van der Waals surface area contributed by atoms with Crippen molar-refractivity contribution in [1.29, 1.82) is 0 Å². The number of hydrogen-bond donors (Lipinski definition) is 1. The van der Waals surface area contributed by atoms with E-state index in [0.29, 0.717) is 6.20 Å². The number of sulfone groups is 1. The molecule has 1 aromatic carbocycles. The predicted octanol–water partition coefficient (Wildman–Crippen LogP) is 0.572. The molecule has 0 bridgehead atoms. The molecule has 1 rings (SSSR count). The molecule has 92 valence electrons. The van der Waals surface area contributed by atoms with E-state index < -0.39 is 31.4 Å². The predicted molar refractivity (Wildman–Crippen MR) is 57.9 cm³/mol. The van der Waals surface area contributed by atoms with Crippen molar-refractivity contribution in [3.8, 4) is 0 Å². The van der Waals surface area contributed by atoms with E-state index in [2.05, 4.69) is 4.74 Å². The third-order valence-electron chi connectivity index (χ3n) is 1.95. The summed E-state index contributed by atoms with van der Waals surface area (Å²) in [6, 6.07) is 4.68. The Morgan fingerprint density at radius 2 is 2.00 bits per heavy atom. The number of ether oxygens (including phenoxy) is 1. The number of benzene rings is 1. The van der Waals surface area contributed by atoms with E-state index in [1.807, 2.05) is 0 Å². The first-order chi connectivity index (χ1) is 7.95. The number of esters is 1. The van der Waals surface area contributed by atoms with Crippen LogP contribution in [0.5, 0.6) is 0 Å². The molecule has 0 aromatic heterocycles. The van der Waals surface area contributed by atoms with Crippen molar-refractivity contribution in [2.75, 3.05) is 7.11 Å². The summed E-state index contributed by atoms with van der Waals surface area (Å²) in [5.41, 5.74) is 5.06. The zero-order valence-corrected chi connectivity index (χ0v) is 9.70. The maximum absolute atomic E-state index is 13.3. The summed E-state index contributed by atoms with van der Waals surface area (Å²) < 4.78 is 41.4. The highest BCUT2D eigenvalue weighted by atomic mass is 32.2.